The fourth-order valence-corrected chi connectivity index (χ4v) is 9.89. The lowest BCUT2D eigenvalue weighted by molar-refractivity contribution is -0.146. The van der Waals surface area contributed by atoms with Gasteiger partial charge in [-0.25, -0.2) is 4.79 Å². The Bertz CT molecular complexity index is 2450. The van der Waals surface area contributed by atoms with Gasteiger partial charge in [0.1, 0.15) is 6.10 Å². The van der Waals surface area contributed by atoms with E-state index in [1.807, 2.05) is 12.2 Å². The minimum absolute atomic E-state index is 0.0100. The number of carbonyl (C=O) groups excluding carboxylic acids is 1. The molecule has 0 radical (unpaired) electrons. The van der Waals surface area contributed by atoms with Crippen molar-refractivity contribution in [1.29, 1.82) is 0 Å². The zero-order chi connectivity index (χ0) is 46.1. The highest BCUT2D eigenvalue weighted by molar-refractivity contribution is 5.97. The molecular formula is C58H67N3O3. The molecule has 1 aliphatic rings. The number of hydrogen-bond acceptors (Lipinski definition) is 6. The van der Waals surface area contributed by atoms with Gasteiger partial charge in [-0.3, -0.25) is 0 Å². The third-order valence-electron chi connectivity index (χ3n) is 12.4. The molecule has 1 saturated carbocycles. The molecule has 1 fully saturated rings. The second kappa shape index (κ2) is 21.3. The van der Waals surface area contributed by atoms with Crippen molar-refractivity contribution in [3.8, 4) is 0 Å². The fraction of sp³-hybridized carbons (Fsp3) is 0.293. The predicted octanol–water partition coefficient (Wildman–Crippen LogP) is 14.0. The number of nitrogens with one attached hydrogen (secondary N) is 1. The molecule has 1 aliphatic carbocycles. The van der Waals surface area contributed by atoms with Crippen molar-refractivity contribution in [2.24, 2.45) is 0 Å². The molecule has 7 rings (SSSR count). The molecule has 0 saturated heterocycles. The Hall–Kier alpha value is -6.37. The highest BCUT2D eigenvalue weighted by atomic mass is 16.5. The lowest BCUT2D eigenvalue weighted by Gasteiger charge is -2.33. The van der Waals surface area contributed by atoms with Crippen LogP contribution in [0.4, 0.5) is 28.4 Å². The van der Waals surface area contributed by atoms with Gasteiger partial charge in [-0.1, -0.05) is 115 Å². The van der Waals surface area contributed by atoms with Gasteiger partial charge in [-0.2, -0.15) is 0 Å². The third kappa shape index (κ3) is 10.4. The van der Waals surface area contributed by atoms with Gasteiger partial charge in [0.2, 0.25) is 0 Å². The summed E-state index contributed by atoms with van der Waals surface area (Å²) in [6.45, 7) is 28.3. The van der Waals surface area contributed by atoms with E-state index >= 15 is 0 Å². The molecule has 0 amide bonds. The van der Waals surface area contributed by atoms with Crippen LogP contribution >= 0.6 is 0 Å². The van der Waals surface area contributed by atoms with Crippen molar-refractivity contribution in [1.82, 2.24) is 0 Å². The number of carbonyl (C=O) groups is 1. The van der Waals surface area contributed by atoms with Gasteiger partial charge in [0.15, 0.2) is 0 Å². The fourth-order valence-electron chi connectivity index (χ4n) is 9.89. The minimum atomic E-state index is -0.322. The summed E-state index contributed by atoms with van der Waals surface area (Å²) in [6, 6.07) is 40.5. The molecule has 6 heteroatoms. The zero-order valence-electron chi connectivity index (χ0n) is 39.3. The van der Waals surface area contributed by atoms with Crippen LogP contribution < -0.4 is 15.1 Å². The van der Waals surface area contributed by atoms with Crippen molar-refractivity contribution in [2.45, 2.75) is 92.2 Å². The highest BCUT2D eigenvalue weighted by Crippen LogP contribution is 2.42. The van der Waals surface area contributed by atoms with Gasteiger partial charge in [-0.15, -0.1) is 13.2 Å². The van der Waals surface area contributed by atoms with E-state index in [1.54, 1.807) is 6.92 Å². The van der Waals surface area contributed by atoms with Gasteiger partial charge in [0, 0.05) is 65.5 Å². The summed E-state index contributed by atoms with van der Waals surface area (Å²) in [6.07, 6.45) is 7.64. The lowest BCUT2D eigenvalue weighted by atomic mass is 9.82. The van der Waals surface area contributed by atoms with Crippen molar-refractivity contribution in [3.05, 3.63) is 197 Å². The highest BCUT2D eigenvalue weighted by Gasteiger charge is 2.30. The average molecular weight is 854 g/mol. The number of benzene rings is 6. The number of aryl methyl sites for hydroxylation is 6. The van der Waals surface area contributed by atoms with Crippen LogP contribution in [0.5, 0.6) is 0 Å². The Morgan fingerprint density at radius 2 is 1.14 bits per heavy atom. The standard InChI is InChI=1S/C57H63N3O2.CH4O/c1-11-31-59(55-40(7)33-38(5)34-41(55)8)46-25-21-44(22-26-46)54(45-23-27-47(28-24-45)60(32-12-2)56-42(9)35-39(6)36-43(56)10)50-29-30-51(49-18-14-13-17-48(49)50)58-52-19-15-16-20-53(52)62-57(61)37(3)4;1-2/h11-14,17-18,21-30,33-36,52-54,58H,1-3,15-16,19-20,31-32H2,4-10H3;2H,1H3. The van der Waals surface area contributed by atoms with Gasteiger partial charge in [-0.05, 0) is 142 Å². The number of aliphatic hydroxyl groups excluding tert-OH is 1. The first-order valence-electron chi connectivity index (χ1n) is 22.6. The zero-order valence-corrected chi connectivity index (χ0v) is 39.3. The molecular weight excluding hydrogens is 787 g/mol. The monoisotopic (exact) mass is 854 g/mol. The van der Waals surface area contributed by atoms with Crippen molar-refractivity contribution in [2.75, 3.05) is 35.3 Å². The molecule has 64 heavy (non-hydrogen) atoms. The molecule has 332 valence electrons. The summed E-state index contributed by atoms with van der Waals surface area (Å²) >= 11 is 0. The Balaban J connectivity index is 0.00000335. The molecule has 0 aliphatic heterocycles. The summed E-state index contributed by atoms with van der Waals surface area (Å²) in [5.74, 6) is -0.389. The molecule has 2 N–H and O–H groups in total. The second-order valence-electron chi connectivity index (χ2n) is 17.4. The van der Waals surface area contributed by atoms with E-state index in [-0.39, 0.29) is 24.0 Å². The van der Waals surface area contributed by atoms with Gasteiger partial charge >= 0.3 is 5.97 Å². The normalized spacial score (nSPS) is 14.6. The SMILES string of the molecule is C=CCN(c1ccc(C(c2ccc(N(CC=C)c3c(C)cc(C)cc3C)cc2)c2ccc(NC3CCCCC3OC(=O)C(=C)C)c3ccccc23)cc1)c1c(C)cc(C)cc1C.CO. The quantitative estimate of drug-likeness (QED) is 0.0464. The number of fused-ring (bicyclic) bond motifs is 1. The average Bonchev–Trinajstić information content (AvgIpc) is 3.27. The maximum absolute atomic E-state index is 12.7. The summed E-state index contributed by atoms with van der Waals surface area (Å²) in [5.41, 5.74) is 17.3. The van der Waals surface area contributed by atoms with Crippen molar-refractivity contribution >= 4 is 45.2 Å². The van der Waals surface area contributed by atoms with E-state index in [1.165, 1.54) is 66.8 Å². The van der Waals surface area contributed by atoms with Gasteiger partial charge in [0.05, 0.1) is 6.04 Å². The van der Waals surface area contributed by atoms with E-state index in [2.05, 4.69) is 186 Å². The van der Waals surface area contributed by atoms with Crippen molar-refractivity contribution < 1.29 is 14.6 Å². The molecule has 2 unspecified atom stereocenters. The van der Waals surface area contributed by atoms with Crippen LogP contribution in [-0.2, 0) is 9.53 Å². The van der Waals surface area contributed by atoms with Crippen LogP contribution in [-0.4, -0.2) is 43.4 Å². The lowest BCUT2D eigenvalue weighted by Crippen LogP contribution is -2.40. The largest absolute Gasteiger partial charge is 0.457 e. The molecule has 0 spiro atoms. The number of anilines is 5. The number of aliphatic hydroxyl groups is 1. The Morgan fingerprint density at radius 1 is 0.688 bits per heavy atom. The summed E-state index contributed by atoms with van der Waals surface area (Å²) in [5, 5.41) is 13.2. The molecule has 2 atom stereocenters. The smallest absolute Gasteiger partial charge is 0.333 e. The van der Waals surface area contributed by atoms with Crippen LogP contribution in [0.3, 0.4) is 0 Å². The second-order valence-corrected chi connectivity index (χ2v) is 17.4. The third-order valence-corrected chi connectivity index (χ3v) is 12.4. The molecule has 0 aromatic heterocycles. The number of ether oxygens (including phenoxy) is 1. The number of nitrogens with zero attached hydrogens (tertiary/aromatic N) is 2. The number of hydrogen-bond donors (Lipinski definition) is 2. The molecule has 6 aromatic rings. The van der Waals surface area contributed by atoms with Gasteiger partial charge in [0.25, 0.3) is 0 Å². The Morgan fingerprint density at radius 3 is 1.59 bits per heavy atom. The first-order valence-corrected chi connectivity index (χ1v) is 22.6. The van der Waals surface area contributed by atoms with E-state index < -0.39 is 0 Å². The summed E-state index contributed by atoms with van der Waals surface area (Å²) < 4.78 is 5.98. The van der Waals surface area contributed by atoms with Crippen LogP contribution in [0.25, 0.3) is 10.8 Å². The topological polar surface area (TPSA) is 65.0 Å². The van der Waals surface area contributed by atoms with Crippen LogP contribution in [0.2, 0.25) is 0 Å². The van der Waals surface area contributed by atoms with Crippen LogP contribution in [0, 0.1) is 41.5 Å². The number of rotatable bonds is 15. The van der Waals surface area contributed by atoms with E-state index in [0.29, 0.717) is 18.7 Å². The maximum atomic E-state index is 12.7. The summed E-state index contributed by atoms with van der Waals surface area (Å²) in [4.78, 5) is 17.4. The van der Waals surface area contributed by atoms with E-state index in [4.69, 9.17) is 9.84 Å². The van der Waals surface area contributed by atoms with Gasteiger partial charge < -0.3 is 25.0 Å². The summed E-state index contributed by atoms with van der Waals surface area (Å²) in [7, 11) is 1.00. The Kier molecular flexibility index (Phi) is 15.7. The molecule has 6 aromatic carbocycles. The maximum Gasteiger partial charge on any atom is 0.333 e. The van der Waals surface area contributed by atoms with Crippen LogP contribution in [0.15, 0.2) is 147 Å². The first kappa shape index (κ1) is 47.1. The minimum Gasteiger partial charge on any atom is -0.457 e. The molecule has 0 heterocycles. The molecule has 6 nitrogen and oxygen atoms in total. The molecule has 0 bridgehead atoms. The van der Waals surface area contributed by atoms with E-state index in [0.717, 1.165) is 55.2 Å². The van der Waals surface area contributed by atoms with Crippen molar-refractivity contribution in [3.63, 3.8) is 0 Å². The first-order chi connectivity index (χ1) is 30.9. The van der Waals surface area contributed by atoms with E-state index in [9.17, 15) is 4.79 Å². The Labute approximate surface area is 382 Å². The number of esters is 1. The predicted molar refractivity (Wildman–Crippen MR) is 272 cm³/mol. The van der Waals surface area contributed by atoms with Crippen LogP contribution in [0.1, 0.15) is 88.6 Å².